The smallest absolute Gasteiger partial charge is 0.228 e. The Morgan fingerprint density at radius 3 is 2.85 bits per heavy atom. The number of rotatable bonds is 7. The molecule has 8 heteroatoms. The van der Waals surface area contributed by atoms with E-state index >= 15 is 0 Å². The standard InChI is InChI=1S/C25H24N6O2/c1-3-33-19-10-17(13-26-14-19)20-8-7-18(11-22(20)24-28-30-31-29-24)27-25(32)23-12-21(23)16-6-4-5-15(2)9-16/h4-11,13-14,21,23H,3,12H2,1-2H3,(H,27,32)(H,28,29,30,31). The monoisotopic (exact) mass is 440 g/mol. The second-order valence-electron chi connectivity index (χ2n) is 8.20. The van der Waals surface area contributed by atoms with Crippen LogP contribution in [0.4, 0.5) is 5.69 Å². The Balaban J connectivity index is 1.40. The van der Waals surface area contributed by atoms with E-state index in [1.807, 2.05) is 37.3 Å². The van der Waals surface area contributed by atoms with Crippen LogP contribution in [0, 0.1) is 12.8 Å². The maximum Gasteiger partial charge on any atom is 0.228 e. The van der Waals surface area contributed by atoms with Crippen molar-refractivity contribution in [2.75, 3.05) is 11.9 Å². The number of pyridine rings is 1. The fourth-order valence-electron chi connectivity index (χ4n) is 4.14. The lowest BCUT2D eigenvalue weighted by Crippen LogP contribution is -2.14. The molecular weight excluding hydrogens is 416 g/mol. The number of H-pyrrole nitrogens is 1. The lowest BCUT2D eigenvalue weighted by atomic mass is 9.99. The summed E-state index contributed by atoms with van der Waals surface area (Å²) in [5.41, 5.74) is 5.64. The van der Waals surface area contributed by atoms with E-state index in [1.165, 1.54) is 11.1 Å². The van der Waals surface area contributed by atoms with E-state index in [1.54, 1.807) is 12.4 Å². The maximum atomic E-state index is 12.9. The minimum absolute atomic E-state index is 0.0195. The van der Waals surface area contributed by atoms with Crippen molar-refractivity contribution in [2.24, 2.45) is 5.92 Å². The molecule has 0 aliphatic heterocycles. The molecule has 2 N–H and O–H groups in total. The summed E-state index contributed by atoms with van der Waals surface area (Å²) in [5.74, 6) is 1.47. The van der Waals surface area contributed by atoms with E-state index < -0.39 is 0 Å². The highest BCUT2D eigenvalue weighted by Gasteiger charge is 2.43. The number of carbonyl (C=O) groups excluding carboxylic acids is 1. The molecule has 2 aromatic carbocycles. The highest BCUT2D eigenvalue weighted by Crippen LogP contribution is 2.48. The zero-order valence-corrected chi connectivity index (χ0v) is 18.4. The predicted molar refractivity (Wildman–Crippen MR) is 125 cm³/mol. The summed E-state index contributed by atoms with van der Waals surface area (Å²) in [7, 11) is 0. The number of amides is 1. The molecule has 2 aromatic heterocycles. The number of aromatic amines is 1. The van der Waals surface area contributed by atoms with Crippen molar-refractivity contribution in [3.8, 4) is 28.3 Å². The van der Waals surface area contributed by atoms with Crippen LogP contribution in [0.5, 0.6) is 5.75 Å². The number of carbonyl (C=O) groups is 1. The molecule has 1 fully saturated rings. The van der Waals surface area contributed by atoms with E-state index in [-0.39, 0.29) is 17.7 Å². The van der Waals surface area contributed by atoms with Gasteiger partial charge in [-0.15, -0.1) is 5.10 Å². The first-order valence-corrected chi connectivity index (χ1v) is 11.0. The fourth-order valence-corrected chi connectivity index (χ4v) is 4.14. The summed E-state index contributed by atoms with van der Waals surface area (Å²) in [6, 6.07) is 16.0. The Morgan fingerprint density at radius 1 is 1.15 bits per heavy atom. The van der Waals surface area contributed by atoms with Crippen LogP contribution in [0.15, 0.2) is 60.9 Å². The van der Waals surface area contributed by atoms with E-state index in [9.17, 15) is 4.79 Å². The van der Waals surface area contributed by atoms with Crippen molar-refractivity contribution < 1.29 is 9.53 Å². The third kappa shape index (κ3) is 4.45. The highest BCUT2D eigenvalue weighted by atomic mass is 16.5. The number of nitrogens with zero attached hydrogens (tertiary/aromatic N) is 4. The number of ether oxygens (including phenoxy) is 1. The minimum atomic E-state index is -0.0195. The number of tetrazole rings is 1. The number of aryl methyl sites for hydroxylation is 1. The van der Waals surface area contributed by atoms with Gasteiger partial charge in [0.05, 0.1) is 12.8 Å². The Hall–Kier alpha value is -4.07. The molecule has 8 nitrogen and oxygen atoms in total. The van der Waals surface area contributed by atoms with Gasteiger partial charge in [0.2, 0.25) is 5.91 Å². The first-order chi connectivity index (χ1) is 16.1. The second-order valence-corrected chi connectivity index (χ2v) is 8.20. The summed E-state index contributed by atoms with van der Waals surface area (Å²) >= 11 is 0. The van der Waals surface area contributed by atoms with Gasteiger partial charge in [-0.3, -0.25) is 9.78 Å². The molecule has 33 heavy (non-hydrogen) atoms. The average molecular weight is 441 g/mol. The summed E-state index contributed by atoms with van der Waals surface area (Å²) in [4.78, 5) is 17.2. The SMILES string of the molecule is CCOc1cncc(-c2ccc(NC(=O)C3CC3c3cccc(C)c3)cc2-c2nnn[nH]2)c1. The van der Waals surface area contributed by atoms with Crippen LogP contribution in [0.3, 0.4) is 0 Å². The maximum absolute atomic E-state index is 12.9. The van der Waals surface area contributed by atoms with Crippen molar-refractivity contribution in [2.45, 2.75) is 26.2 Å². The van der Waals surface area contributed by atoms with Crippen LogP contribution in [-0.2, 0) is 4.79 Å². The molecule has 1 saturated carbocycles. The van der Waals surface area contributed by atoms with Crippen LogP contribution in [-0.4, -0.2) is 38.1 Å². The van der Waals surface area contributed by atoms with Gasteiger partial charge < -0.3 is 10.1 Å². The van der Waals surface area contributed by atoms with E-state index in [2.05, 4.69) is 56.0 Å². The zero-order valence-electron chi connectivity index (χ0n) is 18.4. The van der Waals surface area contributed by atoms with Crippen LogP contribution in [0.1, 0.15) is 30.4 Å². The molecule has 2 atom stereocenters. The molecule has 2 unspecified atom stereocenters. The molecule has 5 rings (SSSR count). The molecule has 0 bridgehead atoms. The predicted octanol–water partition coefficient (Wildman–Crippen LogP) is 4.38. The Bertz CT molecular complexity index is 1290. The third-order valence-corrected chi connectivity index (χ3v) is 5.82. The van der Waals surface area contributed by atoms with Crippen molar-refractivity contribution in [3.05, 3.63) is 72.1 Å². The molecule has 4 aromatic rings. The molecule has 1 amide bonds. The van der Waals surface area contributed by atoms with Crippen LogP contribution >= 0.6 is 0 Å². The molecule has 1 aliphatic rings. The van der Waals surface area contributed by atoms with Gasteiger partial charge in [-0.2, -0.15) is 0 Å². The first kappa shape index (κ1) is 20.8. The summed E-state index contributed by atoms with van der Waals surface area (Å²) < 4.78 is 5.59. The second kappa shape index (κ2) is 8.82. The van der Waals surface area contributed by atoms with Gasteiger partial charge in [0.1, 0.15) is 5.75 Å². The number of hydrogen-bond acceptors (Lipinski definition) is 6. The molecule has 166 valence electrons. The Morgan fingerprint density at radius 2 is 2.06 bits per heavy atom. The van der Waals surface area contributed by atoms with Crippen molar-refractivity contribution in [3.63, 3.8) is 0 Å². The lowest BCUT2D eigenvalue weighted by molar-refractivity contribution is -0.117. The highest BCUT2D eigenvalue weighted by molar-refractivity contribution is 5.96. The van der Waals surface area contributed by atoms with Gasteiger partial charge in [0, 0.05) is 28.9 Å². The van der Waals surface area contributed by atoms with Gasteiger partial charge in [-0.1, -0.05) is 35.9 Å². The quantitative estimate of drug-likeness (QED) is 0.442. The molecular formula is C25H24N6O2. The summed E-state index contributed by atoms with van der Waals surface area (Å²) in [6.45, 7) is 4.56. The van der Waals surface area contributed by atoms with E-state index in [4.69, 9.17) is 4.74 Å². The van der Waals surface area contributed by atoms with E-state index in [0.717, 1.165) is 23.1 Å². The number of nitrogens with one attached hydrogen (secondary N) is 2. The number of benzene rings is 2. The van der Waals surface area contributed by atoms with Crippen molar-refractivity contribution in [1.82, 2.24) is 25.6 Å². The largest absolute Gasteiger partial charge is 0.492 e. The Labute approximate surface area is 191 Å². The molecule has 0 saturated heterocycles. The van der Waals surface area contributed by atoms with Crippen LogP contribution in [0.25, 0.3) is 22.5 Å². The van der Waals surface area contributed by atoms with Gasteiger partial charge in [0.15, 0.2) is 5.82 Å². The van der Waals surface area contributed by atoms with Gasteiger partial charge in [-0.05, 0) is 65.9 Å². The van der Waals surface area contributed by atoms with E-state index in [0.29, 0.717) is 23.9 Å². The van der Waals surface area contributed by atoms with Crippen LogP contribution < -0.4 is 10.1 Å². The third-order valence-electron chi connectivity index (χ3n) is 5.82. The summed E-state index contributed by atoms with van der Waals surface area (Å²) in [5, 5.41) is 17.4. The van der Waals surface area contributed by atoms with Gasteiger partial charge in [-0.25, -0.2) is 5.10 Å². The number of hydrogen-bond donors (Lipinski definition) is 2. The molecule has 0 spiro atoms. The molecule has 2 heterocycles. The molecule has 0 radical (unpaired) electrons. The van der Waals surface area contributed by atoms with Crippen LogP contribution in [0.2, 0.25) is 0 Å². The zero-order chi connectivity index (χ0) is 22.8. The normalized spacial score (nSPS) is 16.9. The Kier molecular flexibility index (Phi) is 5.56. The van der Waals surface area contributed by atoms with Gasteiger partial charge in [0.25, 0.3) is 0 Å². The van der Waals surface area contributed by atoms with Crippen molar-refractivity contribution >= 4 is 11.6 Å². The van der Waals surface area contributed by atoms with Crippen molar-refractivity contribution in [1.29, 1.82) is 0 Å². The molecule has 1 aliphatic carbocycles. The van der Waals surface area contributed by atoms with Gasteiger partial charge >= 0.3 is 0 Å². The number of anilines is 1. The first-order valence-electron chi connectivity index (χ1n) is 11.0. The summed E-state index contributed by atoms with van der Waals surface area (Å²) in [6.07, 6.45) is 4.31. The average Bonchev–Trinajstić information content (AvgIpc) is 3.45. The lowest BCUT2D eigenvalue weighted by Gasteiger charge is -2.12. The minimum Gasteiger partial charge on any atom is -0.492 e. The number of aromatic nitrogens is 5. The fraction of sp³-hybridized carbons (Fsp3) is 0.240. The topological polar surface area (TPSA) is 106 Å².